The van der Waals surface area contributed by atoms with Crippen LogP contribution in [-0.2, 0) is 0 Å². The molecule has 20 heavy (non-hydrogen) atoms. The molecule has 1 atom stereocenters. The maximum absolute atomic E-state index is 13.0. The number of nitrogens with two attached hydrogens (primary N) is 1. The first-order chi connectivity index (χ1) is 9.66. The summed E-state index contributed by atoms with van der Waals surface area (Å²) in [5.41, 5.74) is 8.28. The van der Waals surface area contributed by atoms with Crippen molar-refractivity contribution >= 4 is 26.7 Å². The Hall–Kier alpha value is -1.71. The van der Waals surface area contributed by atoms with Crippen molar-refractivity contribution in [2.75, 3.05) is 0 Å². The molecule has 100 valence electrons. The highest BCUT2D eigenvalue weighted by molar-refractivity contribution is 9.10. The Morgan fingerprint density at radius 1 is 0.850 bits per heavy atom. The van der Waals surface area contributed by atoms with E-state index < -0.39 is 0 Å². The molecular weight excluding hydrogens is 317 g/mol. The van der Waals surface area contributed by atoms with Gasteiger partial charge in [-0.2, -0.15) is 0 Å². The monoisotopic (exact) mass is 329 g/mol. The first-order valence-electron chi connectivity index (χ1n) is 6.35. The molecule has 0 radical (unpaired) electrons. The van der Waals surface area contributed by atoms with Crippen LogP contribution in [0.15, 0.2) is 65.1 Å². The van der Waals surface area contributed by atoms with Crippen LogP contribution in [-0.4, -0.2) is 0 Å². The van der Waals surface area contributed by atoms with Crippen molar-refractivity contribution in [1.82, 2.24) is 0 Å². The van der Waals surface area contributed by atoms with Gasteiger partial charge in [0.1, 0.15) is 5.82 Å². The number of benzene rings is 3. The van der Waals surface area contributed by atoms with Crippen molar-refractivity contribution in [3.8, 4) is 0 Å². The second kappa shape index (κ2) is 5.35. The third-order valence-electron chi connectivity index (χ3n) is 3.47. The zero-order valence-corrected chi connectivity index (χ0v) is 12.3. The Balaban J connectivity index is 2.14. The third kappa shape index (κ3) is 2.35. The van der Waals surface area contributed by atoms with Crippen molar-refractivity contribution in [2.24, 2.45) is 5.73 Å². The summed E-state index contributed by atoms with van der Waals surface area (Å²) in [5, 5.41) is 2.24. The van der Waals surface area contributed by atoms with Gasteiger partial charge in [-0.05, 0) is 40.1 Å². The topological polar surface area (TPSA) is 26.0 Å². The lowest BCUT2D eigenvalue weighted by Gasteiger charge is -2.16. The van der Waals surface area contributed by atoms with Gasteiger partial charge >= 0.3 is 0 Å². The van der Waals surface area contributed by atoms with Crippen LogP contribution < -0.4 is 5.73 Å². The fourth-order valence-electron chi connectivity index (χ4n) is 2.41. The van der Waals surface area contributed by atoms with Crippen molar-refractivity contribution in [3.63, 3.8) is 0 Å². The van der Waals surface area contributed by atoms with Crippen LogP contribution in [0, 0.1) is 5.82 Å². The first kappa shape index (κ1) is 13.3. The van der Waals surface area contributed by atoms with E-state index >= 15 is 0 Å². The van der Waals surface area contributed by atoms with Crippen LogP contribution in [0.3, 0.4) is 0 Å². The average molecular weight is 330 g/mol. The van der Waals surface area contributed by atoms with E-state index in [4.69, 9.17) is 5.73 Å². The average Bonchev–Trinajstić information content (AvgIpc) is 2.48. The van der Waals surface area contributed by atoms with Gasteiger partial charge in [-0.3, -0.25) is 0 Å². The molecule has 0 aliphatic heterocycles. The van der Waals surface area contributed by atoms with Gasteiger partial charge in [-0.1, -0.05) is 58.4 Å². The molecule has 3 aromatic rings. The fourth-order valence-corrected chi connectivity index (χ4v) is 2.88. The molecule has 1 nitrogen and oxygen atoms in total. The number of hydrogen-bond donors (Lipinski definition) is 1. The Labute approximate surface area is 125 Å². The van der Waals surface area contributed by atoms with Gasteiger partial charge in [0, 0.05) is 4.47 Å². The molecule has 0 saturated carbocycles. The summed E-state index contributed by atoms with van der Waals surface area (Å²) in [4.78, 5) is 0. The molecule has 3 aromatic carbocycles. The molecule has 0 saturated heterocycles. The highest BCUT2D eigenvalue weighted by Crippen LogP contribution is 2.31. The minimum atomic E-state index is -0.270. The predicted molar refractivity (Wildman–Crippen MR) is 84.1 cm³/mol. The highest BCUT2D eigenvalue weighted by atomic mass is 79.9. The van der Waals surface area contributed by atoms with Gasteiger partial charge in [0.15, 0.2) is 0 Å². The van der Waals surface area contributed by atoms with Crippen molar-refractivity contribution in [1.29, 1.82) is 0 Å². The molecule has 0 fully saturated rings. The molecular formula is C17H13BrFN. The fraction of sp³-hybridized carbons (Fsp3) is 0.0588. The van der Waals surface area contributed by atoms with E-state index in [0.717, 1.165) is 26.4 Å². The Bertz CT molecular complexity index is 753. The summed E-state index contributed by atoms with van der Waals surface area (Å²) in [5.74, 6) is -0.249. The maximum Gasteiger partial charge on any atom is 0.123 e. The standard InChI is InChI=1S/C17H13BrFN/c18-16-10-9-15(13-3-1-2-4-14(13)16)17(20)11-5-7-12(19)8-6-11/h1-10,17H,20H2. The summed E-state index contributed by atoms with van der Waals surface area (Å²) in [6.07, 6.45) is 0. The van der Waals surface area contributed by atoms with E-state index in [1.165, 1.54) is 12.1 Å². The molecule has 0 heterocycles. The Kier molecular flexibility index (Phi) is 3.55. The van der Waals surface area contributed by atoms with Gasteiger partial charge in [0.2, 0.25) is 0 Å². The van der Waals surface area contributed by atoms with Crippen LogP contribution in [0.5, 0.6) is 0 Å². The maximum atomic E-state index is 13.0. The summed E-state index contributed by atoms with van der Waals surface area (Å²) < 4.78 is 14.1. The van der Waals surface area contributed by atoms with E-state index in [9.17, 15) is 4.39 Å². The summed E-state index contributed by atoms with van der Waals surface area (Å²) in [7, 11) is 0. The molecule has 2 N–H and O–H groups in total. The quantitative estimate of drug-likeness (QED) is 0.718. The van der Waals surface area contributed by atoms with Crippen LogP contribution in [0.1, 0.15) is 17.2 Å². The largest absolute Gasteiger partial charge is 0.320 e. The minimum Gasteiger partial charge on any atom is -0.320 e. The Morgan fingerprint density at radius 2 is 1.50 bits per heavy atom. The van der Waals surface area contributed by atoms with Crippen molar-refractivity contribution in [3.05, 3.63) is 82.1 Å². The SMILES string of the molecule is NC(c1ccc(F)cc1)c1ccc(Br)c2ccccc12. The number of hydrogen-bond acceptors (Lipinski definition) is 1. The second-order valence-corrected chi connectivity index (χ2v) is 5.57. The minimum absolute atomic E-state index is 0.249. The molecule has 0 spiro atoms. The Morgan fingerprint density at radius 3 is 2.20 bits per heavy atom. The van der Waals surface area contributed by atoms with Gasteiger partial charge in [0.25, 0.3) is 0 Å². The van der Waals surface area contributed by atoms with Crippen molar-refractivity contribution < 1.29 is 4.39 Å². The number of rotatable bonds is 2. The van der Waals surface area contributed by atoms with Crippen LogP contribution in [0.4, 0.5) is 4.39 Å². The van der Waals surface area contributed by atoms with Crippen LogP contribution in [0.25, 0.3) is 10.8 Å². The normalized spacial score (nSPS) is 12.6. The molecule has 0 aromatic heterocycles. The smallest absolute Gasteiger partial charge is 0.123 e. The molecule has 0 aliphatic rings. The van der Waals surface area contributed by atoms with E-state index in [-0.39, 0.29) is 11.9 Å². The van der Waals surface area contributed by atoms with Gasteiger partial charge in [-0.25, -0.2) is 4.39 Å². The summed E-state index contributed by atoms with van der Waals surface area (Å²) in [6, 6.07) is 18.2. The van der Waals surface area contributed by atoms with E-state index in [0.29, 0.717) is 0 Å². The van der Waals surface area contributed by atoms with E-state index in [1.54, 1.807) is 12.1 Å². The second-order valence-electron chi connectivity index (χ2n) is 4.71. The molecule has 0 aliphatic carbocycles. The van der Waals surface area contributed by atoms with Gasteiger partial charge in [-0.15, -0.1) is 0 Å². The lowest BCUT2D eigenvalue weighted by molar-refractivity contribution is 0.626. The zero-order chi connectivity index (χ0) is 14.1. The first-order valence-corrected chi connectivity index (χ1v) is 7.14. The lowest BCUT2D eigenvalue weighted by Crippen LogP contribution is -2.12. The van der Waals surface area contributed by atoms with Crippen LogP contribution >= 0.6 is 15.9 Å². The summed E-state index contributed by atoms with van der Waals surface area (Å²) >= 11 is 3.56. The molecule has 1 unspecified atom stereocenters. The molecule has 3 heteroatoms. The summed E-state index contributed by atoms with van der Waals surface area (Å²) in [6.45, 7) is 0. The third-order valence-corrected chi connectivity index (χ3v) is 4.16. The lowest BCUT2D eigenvalue weighted by atomic mass is 9.94. The van der Waals surface area contributed by atoms with Gasteiger partial charge < -0.3 is 5.73 Å². The number of fused-ring (bicyclic) bond motifs is 1. The van der Waals surface area contributed by atoms with Crippen molar-refractivity contribution in [2.45, 2.75) is 6.04 Å². The van der Waals surface area contributed by atoms with E-state index in [2.05, 4.69) is 28.1 Å². The highest BCUT2D eigenvalue weighted by Gasteiger charge is 2.13. The van der Waals surface area contributed by atoms with Crippen LogP contribution in [0.2, 0.25) is 0 Å². The van der Waals surface area contributed by atoms with Gasteiger partial charge in [0.05, 0.1) is 6.04 Å². The van der Waals surface area contributed by atoms with E-state index in [1.807, 2.05) is 24.3 Å². The molecule has 3 rings (SSSR count). The predicted octanol–water partition coefficient (Wildman–Crippen LogP) is 4.79. The molecule has 0 amide bonds. The zero-order valence-electron chi connectivity index (χ0n) is 10.7. The molecule has 0 bridgehead atoms. The number of halogens is 2.